The highest BCUT2D eigenvalue weighted by atomic mass is 32.2. The summed E-state index contributed by atoms with van der Waals surface area (Å²) >= 11 is 4.45. The number of β-amino-alcohol motifs (C(OH)–C–C–N with tert-alkyl or cyclic N) is 1. The van der Waals surface area contributed by atoms with E-state index in [2.05, 4.69) is 31.1 Å². The van der Waals surface area contributed by atoms with Crippen molar-refractivity contribution in [1.29, 1.82) is 0 Å². The summed E-state index contributed by atoms with van der Waals surface area (Å²) in [5, 5.41) is 24.9. The Bertz CT molecular complexity index is 575. The molecular weight excluding hydrogens is 324 g/mol. The second-order valence-corrected chi connectivity index (χ2v) is 8.92. The quantitative estimate of drug-likeness (QED) is 0.701. The molecule has 7 heteroatoms. The number of aliphatic hydroxyl groups is 1. The number of thiazole rings is 1. The van der Waals surface area contributed by atoms with Crippen LogP contribution in [0.15, 0.2) is 21.9 Å². The van der Waals surface area contributed by atoms with Gasteiger partial charge < -0.3 is 15.5 Å². The van der Waals surface area contributed by atoms with Gasteiger partial charge in [-0.25, -0.2) is 4.98 Å². The molecule has 0 aliphatic carbocycles. The lowest BCUT2D eigenvalue weighted by atomic mass is 10.1. The fourth-order valence-electron chi connectivity index (χ4n) is 1.55. The van der Waals surface area contributed by atoms with Crippen molar-refractivity contribution < 1.29 is 10.2 Å². The van der Waals surface area contributed by atoms with Crippen LogP contribution in [0, 0.1) is 0 Å². The summed E-state index contributed by atoms with van der Waals surface area (Å²) in [4.78, 5) is 5.49. The lowest BCUT2D eigenvalue weighted by Crippen LogP contribution is -2.41. The standard InChI is InChI=1S/C14H20N2O2S3/c1-14(2,3)15-6-9(17)7-19-13-16-10(8-20-13)11-4-5-12(18)21-11/h4-5,8-9,15,17-18H,6-7H2,1-3H3. The molecule has 0 saturated carbocycles. The minimum atomic E-state index is -0.396. The number of hydrogen-bond donors (Lipinski definition) is 3. The first-order valence-electron chi connectivity index (χ1n) is 6.64. The van der Waals surface area contributed by atoms with Gasteiger partial charge in [-0.1, -0.05) is 23.1 Å². The predicted molar refractivity (Wildman–Crippen MR) is 91.6 cm³/mol. The molecule has 116 valence electrons. The van der Waals surface area contributed by atoms with Crippen LogP contribution in [0.4, 0.5) is 0 Å². The molecule has 2 rings (SSSR count). The highest BCUT2D eigenvalue weighted by Crippen LogP contribution is 2.34. The highest BCUT2D eigenvalue weighted by Gasteiger charge is 2.14. The number of aromatic nitrogens is 1. The summed E-state index contributed by atoms with van der Waals surface area (Å²) < 4.78 is 0.938. The van der Waals surface area contributed by atoms with Gasteiger partial charge in [0.15, 0.2) is 9.40 Å². The molecule has 0 radical (unpaired) electrons. The average molecular weight is 345 g/mol. The maximum atomic E-state index is 9.96. The number of thiophene rings is 1. The first kappa shape index (κ1) is 16.8. The maximum absolute atomic E-state index is 9.96. The number of thioether (sulfide) groups is 1. The van der Waals surface area contributed by atoms with Crippen LogP contribution in [0.1, 0.15) is 20.8 Å². The van der Waals surface area contributed by atoms with E-state index in [0.717, 1.165) is 14.9 Å². The van der Waals surface area contributed by atoms with Crippen molar-refractivity contribution in [2.75, 3.05) is 12.3 Å². The first-order valence-corrected chi connectivity index (χ1v) is 9.32. The minimum absolute atomic E-state index is 0.0151. The Morgan fingerprint density at radius 3 is 2.76 bits per heavy atom. The van der Waals surface area contributed by atoms with Crippen LogP contribution < -0.4 is 5.32 Å². The SMILES string of the molecule is CC(C)(C)NCC(O)CSc1nc(-c2ccc(O)s2)cs1. The molecule has 0 aliphatic rings. The van der Waals surface area contributed by atoms with E-state index in [1.807, 2.05) is 11.4 Å². The van der Waals surface area contributed by atoms with Crippen LogP contribution in [-0.2, 0) is 0 Å². The van der Waals surface area contributed by atoms with Crippen LogP contribution in [0.3, 0.4) is 0 Å². The molecule has 2 aromatic rings. The van der Waals surface area contributed by atoms with Crippen molar-refractivity contribution in [2.45, 2.75) is 36.8 Å². The molecule has 3 N–H and O–H groups in total. The lowest BCUT2D eigenvalue weighted by molar-refractivity contribution is 0.183. The second-order valence-electron chi connectivity index (χ2n) is 5.73. The second kappa shape index (κ2) is 7.11. The van der Waals surface area contributed by atoms with E-state index in [9.17, 15) is 10.2 Å². The Kier molecular flexibility index (Phi) is 5.67. The smallest absolute Gasteiger partial charge is 0.171 e. The Morgan fingerprint density at radius 1 is 1.38 bits per heavy atom. The molecule has 4 nitrogen and oxygen atoms in total. The monoisotopic (exact) mass is 344 g/mol. The van der Waals surface area contributed by atoms with Gasteiger partial charge in [0, 0.05) is 23.2 Å². The van der Waals surface area contributed by atoms with Gasteiger partial charge in [-0.3, -0.25) is 0 Å². The van der Waals surface area contributed by atoms with Crippen molar-refractivity contribution in [3.63, 3.8) is 0 Å². The van der Waals surface area contributed by atoms with E-state index in [0.29, 0.717) is 17.4 Å². The summed E-state index contributed by atoms with van der Waals surface area (Å²) in [6.07, 6.45) is -0.396. The Labute approximate surface area is 137 Å². The van der Waals surface area contributed by atoms with Gasteiger partial charge >= 0.3 is 0 Å². The molecule has 1 atom stereocenters. The van der Waals surface area contributed by atoms with Gasteiger partial charge in [0.2, 0.25) is 0 Å². The molecule has 0 spiro atoms. The van der Waals surface area contributed by atoms with E-state index < -0.39 is 6.10 Å². The van der Waals surface area contributed by atoms with Crippen LogP contribution in [-0.4, -0.2) is 39.1 Å². The zero-order valence-electron chi connectivity index (χ0n) is 12.3. The van der Waals surface area contributed by atoms with Crippen molar-refractivity contribution in [3.05, 3.63) is 17.5 Å². The number of aliphatic hydroxyl groups excluding tert-OH is 1. The Morgan fingerprint density at radius 2 is 2.14 bits per heavy atom. The number of aromatic hydroxyl groups is 1. The van der Waals surface area contributed by atoms with E-state index in [-0.39, 0.29) is 5.54 Å². The Balaban J connectivity index is 1.83. The number of hydrogen-bond acceptors (Lipinski definition) is 7. The zero-order valence-corrected chi connectivity index (χ0v) is 14.7. The average Bonchev–Trinajstić information content (AvgIpc) is 3.01. The van der Waals surface area contributed by atoms with E-state index >= 15 is 0 Å². The third-order valence-electron chi connectivity index (χ3n) is 2.59. The molecule has 2 heterocycles. The lowest BCUT2D eigenvalue weighted by Gasteiger charge is -2.22. The summed E-state index contributed by atoms with van der Waals surface area (Å²) in [6, 6.07) is 3.54. The number of nitrogens with one attached hydrogen (secondary N) is 1. The molecule has 0 fully saturated rings. The first-order chi connectivity index (χ1) is 9.83. The Hall–Kier alpha value is -0.600. The number of nitrogens with zero attached hydrogens (tertiary/aromatic N) is 1. The molecule has 0 amide bonds. The fraction of sp³-hybridized carbons (Fsp3) is 0.500. The summed E-state index contributed by atoms with van der Waals surface area (Å²) in [5.41, 5.74) is 0.899. The zero-order chi connectivity index (χ0) is 15.5. The molecule has 0 saturated heterocycles. The van der Waals surface area contributed by atoms with Gasteiger partial charge in [-0.05, 0) is 32.9 Å². The van der Waals surface area contributed by atoms with Crippen LogP contribution in [0.2, 0.25) is 0 Å². The third-order valence-corrected chi connectivity index (χ3v) is 5.67. The van der Waals surface area contributed by atoms with Crippen molar-refractivity contribution in [2.24, 2.45) is 0 Å². The van der Waals surface area contributed by atoms with E-state index in [4.69, 9.17) is 0 Å². The molecule has 1 unspecified atom stereocenters. The molecule has 0 aromatic carbocycles. The van der Waals surface area contributed by atoms with E-state index in [1.54, 1.807) is 29.2 Å². The fourth-order valence-corrected chi connectivity index (χ4v) is 4.11. The van der Waals surface area contributed by atoms with Gasteiger partial charge in [0.05, 0.1) is 16.7 Å². The largest absolute Gasteiger partial charge is 0.499 e. The third kappa shape index (κ3) is 5.60. The summed E-state index contributed by atoms with van der Waals surface area (Å²) in [7, 11) is 0. The normalized spacial score (nSPS) is 13.5. The van der Waals surface area contributed by atoms with Gasteiger partial charge in [0.1, 0.15) is 0 Å². The summed E-state index contributed by atoms with van der Waals surface area (Å²) in [6.45, 7) is 6.82. The topological polar surface area (TPSA) is 65.4 Å². The van der Waals surface area contributed by atoms with E-state index in [1.165, 1.54) is 11.3 Å². The highest BCUT2D eigenvalue weighted by molar-refractivity contribution is 8.01. The molecule has 2 aromatic heterocycles. The van der Waals surface area contributed by atoms with Gasteiger partial charge in [-0.15, -0.1) is 11.3 Å². The minimum Gasteiger partial charge on any atom is -0.499 e. The van der Waals surface area contributed by atoms with Crippen LogP contribution in [0.25, 0.3) is 10.6 Å². The van der Waals surface area contributed by atoms with Crippen LogP contribution >= 0.6 is 34.4 Å². The molecular formula is C14H20N2O2S3. The van der Waals surface area contributed by atoms with Crippen molar-refractivity contribution in [3.8, 4) is 15.6 Å². The molecule has 0 bridgehead atoms. The molecule has 0 aliphatic heterocycles. The molecule has 21 heavy (non-hydrogen) atoms. The van der Waals surface area contributed by atoms with Crippen LogP contribution in [0.5, 0.6) is 5.06 Å². The number of rotatable bonds is 6. The van der Waals surface area contributed by atoms with Crippen molar-refractivity contribution >= 4 is 34.4 Å². The predicted octanol–water partition coefficient (Wildman–Crippen LogP) is 3.42. The van der Waals surface area contributed by atoms with Gasteiger partial charge in [0.25, 0.3) is 0 Å². The summed E-state index contributed by atoms with van der Waals surface area (Å²) in [5.74, 6) is 0.617. The maximum Gasteiger partial charge on any atom is 0.171 e. The van der Waals surface area contributed by atoms with Gasteiger partial charge in [-0.2, -0.15) is 0 Å². The van der Waals surface area contributed by atoms with Crippen molar-refractivity contribution in [1.82, 2.24) is 10.3 Å².